The zero-order valence-corrected chi connectivity index (χ0v) is 17.8. The van der Waals surface area contributed by atoms with Gasteiger partial charge < -0.3 is 9.47 Å². The van der Waals surface area contributed by atoms with E-state index in [1.54, 1.807) is 40.7 Å². The number of hydrogen-bond acceptors (Lipinski definition) is 7. The number of hydrogen-bond donors (Lipinski definition) is 1. The van der Waals surface area contributed by atoms with Crippen LogP contribution >= 0.6 is 7.60 Å². The summed E-state index contributed by atoms with van der Waals surface area (Å²) in [5, 5.41) is 0. The molecule has 0 aliphatic carbocycles. The number of nitrogens with one attached hydrogen (secondary N) is 1. The Labute approximate surface area is 158 Å². The van der Waals surface area contributed by atoms with Crippen LogP contribution in [0.5, 0.6) is 0 Å². The molecule has 1 aromatic heterocycles. The maximum atomic E-state index is 13.3. The third-order valence-corrected chi connectivity index (χ3v) is 5.75. The summed E-state index contributed by atoms with van der Waals surface area (Å²) in [5.41, 5.74) is -0.248. The van der Waals surface area contributed by atoms with Gasteiger partial charge in [-0.15, -0.1) is 0 Å². The maximum Gasteiger partial charge on any atom is 0.339 e. The van der Waals surface area contributed by atoms with Crippen molar-refractivity contribution in [1.29, 1.82) is 0 Å². The second-order valence-electron chi connectivity index (χ2n) is 6.97. The largest absolute Gasteiger partial charge is 0.353 e. The van der Waals surface area contributed by atoms with Crippen molar-refractivity contribution in [3.63, 3.8) is 0 Å². The average Bonchev–Trinajstić information content (AvgIpc) is 2.55. The summed E-state index contributed by atoms with van der Waals surface area (Å²) in [6.07, 6.45) is 3.01. The van der Waals surface area contributed by atoms with Crippen molar-refractivity contribution in [2.24, 2.45) is 0 Å². The summed E-state index contributed by atoms with van der Waals surface area (Å²) in [5.74, 6) is -2.26. The van der Waals surface area contributed by atoms with Crippen molar-refractivity contribution < 1.29 is 23.1 Å². The Kier molecular flexibility index (Phi) is 7.95. The first-order valence-electron chi connectivity index (χ1n) is 8.38. The number of rotatable bonds is 10. The Hall–Kier alpha value is -1.51. The van der Waals surface area contributed by atoms with Crippen molar-refractivity contribution in [2.75, 3.05) is 20.4 Å². The molecule has 0 aromatic carbocycles. The molecule has 0 saturated heterocycles. The molecule has 0 atom stereocenters. The van der Waals surface area contributed by atoms with E-state index in [2.05, 4.69) is 4.98 Å². The van der Waals surface area contributed by atoms with Gasteiger partial charge in [0.15, 0.2) is 11.6 Å². The van der Waals surface area contributed by atoms with Crippen LogP contribution in [-0.4, -0.2) is 41.5 Å². The first-order chi connectivity index (χ1) is 12.3. The highest BCUT2D eigenvalue weighted by atomic mass is 31.2. The number of aromatic amines is 1. The Morgan fingerprint density at radius 3 is 2.11 bits per heavy atom. The van der Waals surface area contributed by atoms with Gasteiger partial charge in [-0.05, 0) is 34.6 Å². The van der Waals surface area contributed by atoms with Gasteiger partial charge in [0.1, 0.15) is 0 Å². The average molecular weight is 404 g/mol. The smallest absolute Gasteiger partial charge is 0.339 e. The standard InChI is InChI=1S/C17H29N2O7P/c1-13(12-19-10-8-14(20)18-15(19)21)9-11-27(22,25-16(2,3)23-6)26-17(4,5)24-7/h8-10H,11-12H2,1-7H3,(H,18,20,21)/b13-9+. The van der Waals surface area contributed by atoms with E-state index in [1.165, 1.54) is 31.0 Å². The number of ether oxygens (including phenoxy) is 2. The van der Waals surface area contributed by atoms with Crippen LogP contribution in [0.2, 0.25) is 0 Å². The molecule has 154 valence electrons. The van der Waals surface area contributed by atoms with Gasteiger partial charge in [0.2, 0.25) is 0 Å². The zero-order chi connectivity index (χ0) is 20.9. The first kappa shape index (κ1) is 23.5. The van der Waals surface area contributed by atoms with Crippen molar-refractivity contribution in [3.05, 3.63) is 44.8 Å². The summed E-state index contributed by atoms with van der Waals surface area (Å²) in [6, 6.07) is 1.26. The lowest BCUT2D eigenvalue weighted by Crippen LogP contribution is -2.31. The van der Waals surface area contributed by atoms with E-state index in [0.29, 0.717) is 0 Å². The van der Waals surface area contributed by atoms with E-state index in [9.17, 15) is 14.2 Å². The third kappa shape index (κ3) is 7.94. The molecule has 0 amide bonds. The van der Waals surface area contributed by atoms with Crippen LogP contribution in [0.15, 0.2) is 33.5 Å². The number of nitrogens with zero attached hydrogens (tertiary/aromatic N) is 1. The molecule has 0 aliphatic heterocycles. The lowest BCUT2D eigenvalue weighted by molar-refractivity contribution is -0.173. The van der Waals surface area contributed by atoms with Gasteiger partial charge in [0.05, 0.1) is 6.16 Å². The third-order valence-electron chi connectivity index (χ3n) is 3.68. The van der Waals surface area contributed by atoms with Gasteiger partial charge in [0, 0.05) is 33.0 Å². The van der Waals surface area contributed by atoms with E-state index < -0.39 is 30.4 Å². The van der Waals surface area contributed by atoms with E-state index in [0.717, 1.165) is 5.57 Å². The first-order valence-corrected chi connectivity index (χ1v) is 10.1. The van der Waals surface area contributed by atoms with Crippen LogP contribution in [0.4, 0.5) is 0 Å². The molecule has 0 spiro atoms. The van der Waals surface area contributed by atoms with Crippen molar-refractivity contribution >= 4 is 7.60 Å². The molecule has 1 N–H and O–H groups in total. The van der Waals surface area contributed by atoms with Crippen LogP contribution < -0.4 is 11.2 Å². The lowest BCUT2D eigenvalue weighted by Gasteiger charge is -2.33. The van der Waals surface area contributed by atoms with Crippen LogP contribution in [0.25, 0.3) is 0 Å². The van der Waals surface area contributed by atoms with E-state index in [4.69, 9.17) is 18.5 Å². The summed E-state index contributed by atoms with van der Waals surface area (Å²) < 4.78 is 36.2. The number of H-pyrrole nitrogens is 1. The predicted octanol–water partition coefficient (Wildman–Crippen LogP) is 2.47. The highest BCUT2D eigenvalue weighted by Gasteiger charge is 2.38. The highest BCUT2D eigenvalue weighted by Crippen LogP contribution is 2.54. The Bertz CT molecular complexity index is 801. The summed E-state index contributed by atoms with van der Waals surface area (Å²) in [7, 11) is -0.765. The van der Waals surface area contributed by atoms with Crippen molar-refractivity contribution in [3.8, 4) is 0 Å². The minimum atomic E-state index is -3.65. The summed E-state index contributed by atoms with van der Waals surface area (Å²) in [4.78, 5) is 25.1. The van der Waals surface area contributed by atoms with Crippen molar-refractivity contribution in [1.82, 2.24) is 9.55 Å². The Balaban J connectivity index is 3.03. The zero-order valence-electron chi connectivity index (χ0n) is 16.9. The monoisotopic (exact) mass is 404 g/mol. The van der Waals surface area contributed by atoms with E-state index in [-0.39, 0.29) is 12.7 Å². The van der Waals surface area contributed by atoms with E-state index in [1.807, 2.05) is 0 Å². The van der Waals surface area contributed by atoms with Crippen LogP contribution in [0.3, 0.4) is 0 Å². The molecule has 1 rings (SSSR count). The minimum Gasteiger partial charge on any atom is -0.353 e. The minimum absolute atomic E-state index is 0.0451. The van der Waals surface area contributed by atoms with E-state index >= 15 is 0 Å². The molecule has 0 unspecified atom stereocenters. The number of methoxy groups -OCH3 is 2. The molecular weight excluding hydrogens is 375 g/mol. The molecule has 0 aliphatic rings. The van der Waals surface area contributed by atoms with Gasteiger partial charge in [-0.3, -0.25) is 28.0 Å². The molecule has 1 aromatic rings. The second-order valence-corrected chi connectivity index (χ2v) is 8.92. The Morgan fingerprint density at radius 2 is 1.67 bits per heavy atom. The Morgan fingerprint density at radius 1 is 1.15 bits per heavy atom. The quantitative estimate of drug-likeness (QED) is 0.362. The fourth-order valence-corrected chi connectivity index (χ4v) is 4.22. The SMILES string of the molecule is COC(C)(C)OP(=O)(C/C=C(\C)Cn1ccc(=O)[nH]c1=O)OC(C)(C)OC. The molecule has 0 radical (unpaired) electrons. The topological polar surface area (TPSA) is 109 Å². The van der Waals surface area contributed by atoms with Crippen molar-refractivity contribution in [2.45, 2.75) is 52.7 Å². The molecule has 0 fully saturated rings. The molecule has 27 heavy (non-hydrogen) atoms. The number of aromatic nitrogens is 2. The molecule has 0 bridgehead atoms. The fourth-order valence-electron chi connectivity index (χ4n) is 2.01. The predicted molar refractivity (Wildman–Crippen MR) is 102 cm³/mol. The lowest BCUT2D eigenvalue weighted by atomic mass is 10.3. The van der Waals surface area contributed by atoms with Gasteiger partial charge in [-0.25, -0.2) is 4.79 Å². The van der Waals surface area contributed by atoms with Crippen LogP contribution in [0, 0.1) is 0 Å². The molecule has 9 nitrogen and oxygen atoms in total. The fraction of sp³-hybridized carbons (Fsp3) is 0.647. The molecular formula is C17H29N2O7P. The highest BCUT2D eigenvalue weighted by molar-refractivity contribution is 7.54. The number of allylic oxidation sites excluding steroid dienone is 2. The molecule has 1 heterocycles. The van der Waals surface area contributed by atoms with Gasteiger partial charge in [-0.1, -0.05) is 11.6 Å². The van der Waals surface area contributed by atoms with Gasteiger partial charge in [-0.2, -0.15) is 0 Å². The van der Waals surface area contributed by atoms with Gasteiger partial charge >= 0.3 is 13.3 Å². The van der Waals surface area contributed by atoms with Crippen LogP contribution in [0.1, 0.15) is 34.6 Å². The van der Waals surface area contributed by atoms with Gasteiger partial charge in [0.25, 0.3) is 5.56 Å². The summed E-state index contributed by atoms with van der Waals surface area (Å²) >= 11 is 0. The second kappa shape index (κ2) is 9.12. The normalized spacial score (nSPS) is 13.8. The summed E-state index contributed by atoms with van der Waals surface area (Å²) in [6.45, 7) is 8.48. The van der Waals surface area contributed by atoms with Crippen LogP contribution in [-0.2, 0) is 29.6 Å². The maximum absolute atomic E-state index is 13.3. The molecule has 0 saturated carbocycles. The molecule has 10 heteroatoms.